The number of nitrogen functional groups attached to an aromatic ring is 1. The standard InChI is InChI=1S/C20H22N4O5/c1-11(2)16(19(26)27)29-15-9-7-14(8-10-15)23-20(28)24-18(25)13-5-3-12(4-6-13)17(21)22/h3-11,16H,1-2H3,(H3,21,22)(H,26,27)(H2,23,24,25,28). The van der Waals surface area contributed by atoms with E-state index in [-0.39, 0.29) is 17.3 Å². The number of carboxylic acid groups (broad SMARTS) is 1. The lowest BCUT2D eigenvalue weighted by molar-refractivity contribution is -0.147. The number of amides is 3. The number of imide groups is 1. The van der Waals surface area contributed by atoms with Crippen molar-refractivity contribution in [3.05, 3.63) is 59.7 Å². The molecule has 3 amide bonds. The van der Waals surface area contributed by atoms with Gasteiger partial charge in [-0.2, -0.15) is 0 Å². The van der Waals surface area contributed by atoms with Crippen LogP contribution in [0.1, 0.15) is 29.8 Å². The Bertz CT molecular complexity index is 907. The first-order chi connectivity index (χ1) is 13.7. The Labute approximate surface area is 167 Å². The van der Waals surface area contributed by atoms with Crippen LogP contribution in [-0.4, -0.2) is 35.0 Å². The summed E-state index contributed by atoms with van der Waals surface area (Å²) in [5.74, 6) is -1.66. The van der Waals surface area contributed by atoms with Crippen molar-refractivity contribution in [2.75, 3.05) is 5.32 Å². The molecule has 0 aliphatic rings. The zero-order chi connectivity index (χ0) is 21.6. The average Bonchev–Trinajstić information content (AvgIpc) is 2.66. The largest absolute Gasteiger partial charge is 0.478 e. The Morgan fingerprint density at radius 1 is 1.00 bits per heavy atom. The van der Waals surface area contributed by atoms with E-state index < -0.39 is 24.0 Å². The second-order valence-corrected chi connectivity index (χ2v) is 6.54. The summed E-state index contributed by atoms with van der Waals surface area (Å²) in [5, 5.41) is 21.2. The molecular weight excluding hydrogens is 376 g/mol. The molecule has 0 radical (unpaired) electrons. The molecule has 2 aromatic carbocycles. The molecule has 0 aliphatic carbocycles. The van der Waals surface area contributed by atoms with Gasteiger partial charge in [0, 0.05) is 22.7 Å². The number of carbonyl (C=O) groups is 3. The van der Waals surface area contributed by atoms with Gasteiger partial charge in [-0.25, -0.2) is 9.59 Å². The van der Waals surface area contributed by atoms with Crippen molar-refractivity contribution in [3.8, 4) is 5.75 Å². The molecule has 2 aromatic rings. The fraction of sp³-hybridized carbons (Fsp3) is 0.200. The molecule has 9 heteroatoms. The highest BCUT2D eigenvalue weighted by Gasteiger charge is 2.23. The van der Waals surface area contributed by atoms with E-state index in [4.69, 9.17) is 21.0 Å². The lowest BCUT2D eigenvalue weighted by Crippen LogP contribution is -2.34. The molecule has 1 atom stereocenters. The third kappa shape index (κ3) is 6.06. The Hall–Kier alpha value is -3.88. The predicted octanol–water partition coefficient (Wildman–Crippen LogP) is 2.42. The van der Waals surface area contributed by atoms with Gasteiger partial charge < -0.3 is 20.9 Å². The smallest absolute Gasteiger partial charge is 0.345 e. The first-order valence-corrected chi connectivity index (χ1v) is 8.73. The minimum atomic E-state index is -1.06. The minimum absolute atomic E-state index is 0.120. The molecule has 0 aromatic heterocycles. The van der Waals surface area contributed by atoms with Crippen molar-refractivity contribution in [1.82, 2.24) is 5.32 Å². The monoisotopic (exact) mass is 398 g/mol. The van der Waals surface area contributed by atoms with Crippen LogP contribution in [0.4, 0.5) is 10.5 Å². The van der Waals surface area contributed by atoms with Gasteiger partial charge >= 0.3 is 12.0 Å². The van der Waals surface area contributed by atoms with Crippen LogP contribution in [0.15, 0.2) is 48.5 Å². The van der Waals surface area contributed by atoms with Crippen LogP contribution in [0.3, 0.4) is 0 Å². The van der Waals surface area contributed by atoms with Crippen molar-refractivity contribution in [2.24, 2.45) is 11.7 Å². The number of ether oxygens (including phenoxy) is 1. The zero-order valence-corrected chi connectivity index (χ0v) is 15.9. The molecule has 0 heterocycles. The van der Waals surface area contributed by atoms with E-state index in [1.807, 2.05) is 0 Å². The van der Waals surface area contributed by atoms with Crippen LogP contribution in [0.5, 0.6) is 5.75 Å². The Morgan fingerprint density at radius 3 is 2.03 bits per heavy atom. The molecule has 0 bridgehead atoms. The number of hydrogen-bond donors (Lipinski definition) is 5. The summed E-state index contributed by atoms with van der Waals surface area (Å²) in [4.78, 5) is 35.3. The maximum atomic E-state index is 12.1. The van der Waals surface area contributed by atoms with E-state index in [2.05, 4.69) is 10.6 Å². The molecule has 0 aliphatic heterocycles. The molecule has 0 spiro atoms. The van der Waals surface area contributed by atoms with Crippen molar-refractivity contribution in [2.45, 2.75) is 20.0 Å². The first-order valence-electron chi connectivity index (χ1n) is 8.73. The van der Waals surface area contributed by atoms with E-state index >= 15 is 0 Å². The van der Waals surface area contributed by atoms with Gasteiger partial charge in [-0.05, 0) is 36.4 Å². The van der Waals surface area contributed by atoms with Crippen LogP contribution in [0, 0.1) is 11.3 Å². The molecule has 6 N–H and O–H groups in total. The highest BCUT2D eigenvalue weighted by Crippen LogP contribution is 2.19. The van der Waals surface area contributed by atoms with E-state index in [1.165, 1.54) is 48.5 Å². The van der Waals surface area contributed by atoms with E-state index in [9.17, 15) is 14.4 Å². The zero-order valence-electron chi connectivity index (χ0n) is 15.9. The summed E-state index contributed by atoms with van der Waals surface area (Å²) in [6.07, 6.45) is -0.982. The highest BCUT2D eigenvalue weighted by atomic mass is 16.5. The third-order valence-electron chi connectivity index (χ3n) is 3.91. The van der Waals surface area contributed by atoms with Gasteiger partial charge in [-0.15, -0.1) is 0 Å². The molecule has 2 rings (SSSR count). The molecule has 152 valence electrons. The maximum Gasteiger partial charge on any atom is 0.345 e. The molecule has 0 fully saturated rings. The maximum absolute atomic E-state index is 12.1. The topological polar surface area (TPSA) is 155 Å². The number of anilines is 1. The fourth-order valence-electron chi connectivity index (χ4n) is 2.37. The molecular formula is C20H22N4O5. The van der Waals surface area contributed by atoms with Crippen LogP contribution in [0.25, 0.3) is 0 Å². The number of nitrogens with two attached hydrogens (primary N) is 1. The van der Waals surface area contributed by atoms with Crippen LogP contribution >= 0.6 is 0 Å². The van der Waals surface area contributed by atoms with E-state index in [0.29, 0.717) is 17.0 Å². The summed E-state index contributed by atoms with van der Waals surface area (Å²) < 4.78 is 5.44. The number of nitrogens with one attached hydrogen (secondary N) is 3. The molecule has 1 unspecified atom stereocenters. The van der Waals surface area contributed by atoms with Gasteiger partial charge in [0.25, 0.3) is 5.91 Å². The predicted molar refractivity (Wildman–Crippen MR) is 107 cm³/mol. The number of carboxylic acids is 1. The summed E-state index contributed by atoms with van der Waals surface area (Å²) in [5.41, 5.74) is 6.45. The van der Waals surface area contributed by atoms with Crippen molar-refractivity contribution >= 4 is 29.4 Å². The number of benzene rings is 2. The van der Waals surface area contributed by atoms with Crippen LogP contribution in [0.2, 0.25) is 0 Å². The lowest BCUT2D eigenvalue weighted by atomic mass is 10.1. The van der Waals surface area contributed by atoms with Crippen molar-refractivity contribution in [3.63, 3.8) is 0 Å². The number of amidine groups is 1. The molecule has 0 saturated heterocycles. The normalized spacial score (nSPS) is 11.4. The number of urea groups is 1. The van der Waals surface area contributed by atoms with Crippen molar-refractivity contribution in [1.29, 1.82) is 5.41 Å². The number of aliphatic carboxylic acids is 1. The highest BCUT2D eigenvalue weighted by molar-refractivity contribution is 6.08. The first kappa shape index (κ1) is 21.4. The summed E-state index contributed by atoms with van der Waals surface area (Å²) in [7, 11) is 0. The molecule has 29 heavy (non-hydrogen) atoms. The second kappa shape index (κ2) is 9.36. The molecule has 9 nitrogen and oxygen atoms in total. The number of hydrogen-bond acceptors (Lipinski definition) is 5. The Balaban J connectivity index is 1.94. The quantitative estimate of drug-likeness (QED) is 0.356. The minimum Gasteiger partial charge on any atom is -0.478 e. The number of carbonyl (C=O) groups excluding carboxylic acids is 2. The van der Waals surface area contributed by atoms with Gasteiger partial charge in [0.1, 0.15) is 11.6 Å². The fourth-order valence-corrected chi connectivity index (χ4v) is 2.37. The average molecular weight is 398 g/mol. The van der Waals surface area contributed by atoms with Gasteiger partial charge in [0.2, 0.25) is 0 Å². The Morgan fingerprint density at radius 2 is 1.55 bits per heavy atom. The number of rotatable bonds is 7. The third-order valence-corrected chi connectivity index (χ3v) is 3.91. The summed E-state index contributed by atoms with van der Waals surface area (Å²) in [6.45, 7) is 3.48. The second-order valence-electron chi connectivity index (χ2n) is 6.54. The lowest BCUT2D eigenvalue weighted by Gasteiger charge is -2.18. The van der Waals surface area contributed by atoms with Crippen molar-refractivity contribution < 1.29 is 24.2 Å². The molecule has 0 saturated carbocycles. The van der Waals surface area contributed by atoms with Gasteiger partial charge in [-0.3, -0.25) is 15.5 Å². The van der Waals surface area contributed by atoms with E-state index in [1.54, 1.807) is 13.8 Å². The van der Waals surface area contributed by atoms with Crippen LogP contribution in [-0.2, 0) is 4.79 Å². The van der Waals surface area contributed by atoms with Gasteiger partial charge in [0.05, 0.1) is 0 Å². The van der Waals surface area contributed by atoms with E-state index in [0.717, 1.165) is 0 Å². The SMILES string of the molecule is CC(C)C(Oc1ccc(NC(=O)NC(=O)c2ccc(C(=N)N)cc2)cc1)C(=O)O. The summed E-state index contributed by atoms with van der Waals surface area (Å²) in [6, 6.07) is 11.3. The van der Waals surface area contributed by atoms with Gasteiger partial charge in [-0.1, -0.05) is 26.0 Å². The Kier molecular flexibility index (Phi) is 6.91. The van der Waals surface area contributed by atoms with Gasteiger partial charge in [0.15, 0.2) is 6.10 Å². The summed E-state index contributed by atoms with van der Waals surface area (Å²) >= 11 is 0. The van der Waals surface area contributed by atoms with Crippen LogP contribution < -0.4 is 21.1 Å².